The Kier molecular flexibility index (Phi) is 5.44. The van der Waals surface area contributed by atoms with Crippen molar-refractivity contribution in [3.63, 3.8) is 0 Å². The van der Waals surface area contributed by atoms with Crippen LogP contribution in [-0.4, -0.2) is 21.4 Å². The molecule has 7 nitrogen and oxygen atoms in total. The number of aromatic nitrogens is 2. The Morgan fingerprint density at radius 2 is 2.10 bits per heavy atom. The van der Waals surface area contributed by atoms with Crippen LogP contribution in [0.1, 0.15) is 39.9 Å². The number of benzene rings is 1. The molecular weight excluding hydrogens is 388 g/mol. The number of rotatable bonds is 4. The van der Waals surface area contributed by atoms with E-state index >= 15 is 0 Å². The van der Waals surface area contributed by atoms with Crippen molar-refractivity contribution in [1.82, 2.24) is 20.4 Å². The lowest BCUT2D eigenvalue weighted by molar-refractivity contribution is -0.122. The average molecular weight is 410 g/mol. The van der Waals surface area contributed by atoms with Crippen LogP contribution in [0.4, 0.5) is 0 Å². The van der Waals surface area contributed by atoms with Crippen molar-refractivity contribution in [2.75, 3.05) is 0 Å². The fraction of sp³-hybridized carbons (Fsp3) is 0.333. The zero-order valence-corrected chi connectivity index (χ0v) is 16.9. The highest BCUT2D eigenvalue weighted by molar-refractivity contribution is 7.14. The molecule has 1 aliphatic rings. The van der Waals surface area contributed by atoms with Crippen molar-refractivity contribution >= 4 is 34.1 Å². The van der Waals surface area contributed by atoms with E-state index in [2.05, 4.69) is 22.8 Å². The molecule has 29 heavy (non-hydrogen) atoms. The maximum absolute atomic E-state index is 12.4. The summed E-state index contributed by atoms with van der Waals surface area (Å²) in [5.41, 5.74) is 6.36. The molecule has 2 N–H and O–H groups in total. The molecule has 0 bridgehead atoms. The number of hydrogen-bond donors (Lipinski definition) is 2. The molecular formula is C21H22N4O3S. The number of aryl methyl sites for hydroxylation is 1. The lowest BCUT2D eigenvalue weighted by Gasteiger charge is -2.19. The van der Waals surface area contributed by atoms with E-state index < -0.39 is 5.91 Å². The number of para-hydroxylation sites is 1. The molecule has 8 heteroatoms. The van der Waals surface area contributed by atoms with Gasteiger partial charge >= 0.3 is 0 Å². The summed E-state index contributed by atoms with van der Waals surface area (Å²) in [6.07, 6.45) is 5.67. The summed E-state index contributed by atoms with van der Waals surface area (Å²) >= 11 is 1.49. The summed E-state index contributed by atoms with van der Waals surface area (Å²) in [4.78, 5) is 43.1. The molecule has 0 radical (unpaired) electrons. The van der Waals surface area contributed by atoms with E-state index in [-0.39, 0.29) is 18.0 Å². The molecule has 0 aliphatic heterocycles. The Labute approximate surface area is 171 Å². The van der Waals surface area contributed by atoms with Gasteiger partial charge < -0.3 is 0 Å². The minimum Gasteiger partial charge on any atom is -0.289 e. The number of hydrazine groups is 1. The van der Waals surface area contributed by atoms with Crippen LogP contribution in [0.15, 0.2) is 41.5 Å². The van der Waals surface area contributed by atoms with Crippen LogP contribution in [0.3, 0.4) is 0 Å². The van der Waals surface area contributed by atoms with Gasteiger partial charge in [-0.05, 0) is 48.9 Å². The minimum atomic E-state index is -0.495. The minimum absolute atomic E-state index is 0.226. The lowest BCUT2D eigenvalue weighted by atomic mass is 9.87. The van der Waals surface area contributed by atoms with Crippen LogP contribution in [-0.2, 0) is 24.2 Å². The molecule has 4 rings (SSSR count). The number of nitrogens with one attached hydrogen (secondary N) is 2. The first-order valence-corrected chi connectivity index (χ1v) is 10.5. The Morgan fingerprint density at radius 3 is 2.93 bits per heavy atom. The van der Waals surface area contributed by atoms with Crippen LogP contribution in [0.2, 0.25) is 0 Å². The summed E-state index contributed by atoms with van der Waals surface area (Å²) in [6, 6.07) is 8.89. The van der Waals surface area contributed by atoms with E-state index in [1.54, 1.807) is 24.3 Å². The van der Waals surface area contributed by atoms with Crippen LogP contribution in [0.5, 0.6) is 0 Å². The second-order valence-corrected chi connectivity index (χ2v) is 8.41. The SMILES string of the molecule is CC[C@@H]1CCc2sc(C(=O)NNC(=O)Cn3cnc4ccccc4c3=O)cc2C1. The van der Waals surface area contributed by atoms with Gasteiger partial charge in [-0.1, -0.05) is 25.5 Å². The van der Waals surface area contributed by atoms with Crippen LogP contribution >= 0.6 is 11.3 Å². The highest BCUT2D eigenvalue weighted by Crippen LogP contribution is 2.33. The molecule has 0 fully saturated rings. The molecule has 3 aromatic rings. The summed E-state index contributed by atoms with van der Waals surface area (Å²) in [6.45, 7) is 1.97. The van der Waals surface area contributed by atoms with E-state index in [0.29, 0.717) is 21.7 Å². The van der Waals surface area contributed by atoms with Crippen molar-refractivity contribution in [3.05, 3.63) is 62.3 Å². The highest BCUT2D eigenvalue weighted by Gasteiger charge is 2.22. The zero-order valence-electron chi connectivity index (χ0n) is 16.1. The fourth-order valence-corrected chi connectivity index (χ4v) is 4.76. The Hall–Kier alpha value is -3.00. The largest absolute Gasteiger partial charge is 0.289 e. The van der Waals surface area contributed by atoms with Gasteiger partial charge in [0.25, 0.3) is 17.4 Å². The monoisotopic (exact) mass is 410 g/mol. The molecule has 0 saturated heterocycles. The van der Waals surface area contributed by atoms with Crippen molar-refractivity contribution in [2.24, 2.45) is 5.92 Å². The van der Waals surface area contributed by atoms with Crippen molar-refractivity contribution in [1.29, 1.82) is 0 Å². The topological polar surface area (TPSA) is 93.1 Å². The summed E-state index contributed by atoms with van der Waals surface area (Å²) < 4.78 is 1.22. The Balaban J connectivity index is 1.38. The summed E-state index contributed by atoms with van der Waals surface area (Å²) in [7, 11) is 0. The third-order valence-corrected chi connectivity index (χ3v) is 6.58. The normalized spacial score (nSPS) is 15.7. The first-order valence-electron chi connectivity index (χ1n) is 9.70. The van der Waals surface area contributed by atoms with Gasteiger partial charge in [-0.15, -0.1) is 11.3 Å². The number of amides is 2. The Morgan fingerprint density at radius 1 is 1.28 bits per heavy atom. The summed E-state index contributed by atoms with van der Waals surface area (Å²) in [5.74, 6) is -0.152. The second-order valence-electron chi connectivity index (χ2n) is 7.27. The van der Waals surface area contributed by atoms with Gasteiger partial charge in [-0.3, -0.25) is 29.8 Å². The molecule has 1 atom stereocenters. The van der Waals surface area contributed by atoms with Crippen LogP contribution in [0.25, 0.3) is 10.9 Å². The van der Waals surface area contributed by atoms with Gasteiger partial charge in [0.2, 0.25) is 0 Å². The molecule has 0 spiro atoms. The molecule has 1 aromatic carbocycles. The third-order valence-electron chi connectivity index (χ3n) is 5.35. The maximum Gasteiger partial charge on any atom is 0.279 e. The van der Waals surface area contributed by atoms with E-state index in [0.717, 1.165) is 25.7 Å². The van der Waals surface area contributed by atoms with Crippen LogP contribution in [0, 0.1) is 5.92 Å². The van der Waals surface area contributed by atoms with Gasteiger partial charge in [-0.2, -0.15) is 0 Å². The van der Waals surface area contributed by atoms with Gasteiger partial charge in [0.15, 0.2) is 0 Å². The Bertz CT molecular complexity index is 1130. The summed E-state index contributed by atoms with van der Waals surface area (Å²) in [5, 5.41) is 0.446. The maximum atomic E-state index is 12.4. The number of nitrogens with zero attached hydrogens (tertiary/aromatic N) is 2. The number of hydrogen-bond acceptors (Lipinski definition) is 5. The molecule has 0 unspecified atom stereocenters. The fourth-order valence-electron chi connectivity index (χ4n) is 3.66. The third kappa shape index (κ3) is 4.07. The molecule has 2 aromatic heterocycles. The standard InChI is InChI=1S/C21H22N4O3S/c1-2-13-7-8-17-14(9-13)10-18(29-17)20(27)24-23-19(26)11-25-12-22-16-6-4-3-5-15(16)21(25)28/h3-6,10,12-13H,2,7-9,11H2,1H3,(H,23,26)(H,24,27)/t13-/m1/s1. The van der Waals surface area contributed by atoms with Crippen LogP contribution < -0.4 is 16.4 Å². The molecule has 1 aliphatic carbocycles. The van der Waals surface area contributed by atoms with E-state index in [9.17, 15) is 14.4 Å². The highest BCUT2D eigenvalue weighted by atomic mass is 32.1. The van der Waals surface area contributed by atoms with E-state index in [1.807, 2.05) is 6.07 Å². The van der Waals surface area contributed by atoms with Crippen molar-refractivity contribution < 1.29 is 9.59 Å². The van der Waals surface area contributed by atoms with E-state index in [1.165, 1.54) is 32.7 Å². The van der Waals surface area contributed by atoms with Crippen molar-refractivity contribution in [2.45, 2.75) is 39.2 Å². The average Bonchev–Trinajstić information content (AvgIpc) is 3.17. The predicted octanol–water partition coefficient (Wildman–Crippen LogP) is 2.43. The number of carbonyl (C=O) groups excluding carboxylic acids is 2. The quantitative estimate of drug-likeness (QED) is 0.646. The molecule has 0 saturated carbocycles. The predicted molar refractivity (Wildman–Crippen MR) is 112 cm³/mol. The van der Waals surface area contributed by atoms with Gasteiger partial charge in [0.05, 0.1) is 22.1 Å². The molecule has 150 valence electrons. The molecule has 2 amide bonds. The van der Waals surface area contributed by atoms with E-state index in [4.69, 9.17) is 0 Å². The number of fused-ring (bicyclic) bond motifs is 2. The number of thiophene rings is 1. The van der Waals surface area contributed by atoms with Gasteiger partial charge in [0, 0.05) is 4.88 Å². The zero-order chi connectivity index (χ0) is 20.4. The second kappa shape index (κ2) is 8.16. The first kappa shape index (κ1) is 19.3. The van der Waals surface area contributed by atoms with Gasteiger partial charge in [-0.25, -0.2) is 4.98 Å². The van der Waals surface area contributed by atoms with Crippen molar-refractivity contribution in [3.8, 4) is 0 Å². The van der Waals surface area contributed by atoms with Gasteiger partial charge in [0.1, 0.15) is 6.54 Å². The lowest BCUT2D eigenvalue weighted by Crippen LogP contribution is -2.44. The molecule has 2 heterocycles. The number of carbonyl (C=O) groups is 2. The smallest absolute Gasteiger partial charge is 0.279 e. The first-order chi connectivity index (χ1) is 14.0.